The van der Waals surface area contributed by atoms with Crippen molar-refractivity contribution >= 4 is 0 Å². The van der Waals surface area contributed by atoms with Crippen molar-refractivity contribution in [2.45, 2.75) is 32.5 Å². The van der Waals surface area contributed by atoms with Gasteiger partial charge in [-0.25, -0.2) is 0 Å². The summed E-state index contributed by atoms with van der Waals surface area (Å²) in [5, 5.41) is 29.9. The zero-order valence-corrected chi connectivity index (χ0v) is 13.0. The standard InChI is InChI=1S/C17H18O4.2H2O/c1-9-3-4-11(6-14(9)19)17-15(20)8-13-10(2)5-12(18)7-16(13)21-17;;/h3-7,15,17-20H,8H2,1-2H3;2*1H2. The molecule has 0 spiro atoms. The van der Waals surface area contributed by atoms with E-state index in [9.17, 15) is 15.3 Å². The number of hydrogen-bond acceptors (Lipinski definition) is 4. The normalized spacial score (nSPS) is 18.9. The van der Waals surface area contributed by atoms with Gasteiger partial charge in [0.05, 0.1) is 6.10 Å². The molecule has 0 saturated heterocycles. The molecule has 2 aromatic carbocycles. The number of ether oxygens (including phenoxy) is 1. The Hall–Kier alpha value is -2.28. The van der Waals surface area contributed by atoms with E-state index >= 15 is 0 Å². The van der Waals surface area contributed by atoms with Crippen LogP contribution >= 0.6 is 0 Å². The lowest BCUT2D eigenvalue weighted by Gasteiger charge is -2.32. The molecular weight excluding hydrogens is 300 g/mol. The Morgan fingerprint density at radius 2 is 1.70 bits per heavy atom. The van der Waals surface area contributed by atoms with Gasteiger partial charge in [-0.15, -0.1) is 0 Å². The van der Waals surface area contributed by atoms with Crippen molar-refractivity contribution in [3.8, 4) is 17.2 Å². The molecule has 0 fully saturated rings. The molecule has 2 atom stereocenters. The highest BCUT2D eigenvalue weighted by Gasteiger charge is 2.31. The van der Waals surface area contributed by atoms with E-state index in [1.807, 2.05) is 19.9 Å². The summed E-state index contributed by atoms with van der Waals surface area (Å²) in [4.78, 5) is 0. The molecule has 7 N–H and O–H groups in total. The lowest BCUT2D eigenvalue weighted by molar-refractivity contribution is 0.0203. The molecule has 0 aliphatic carbocycles. The molecule has 1 heterocycles. The zero-order chi connectivity index (χ0) is 15.1. The zero-order valence-electron chi connectivity index (χ0n) is 13.0. The van der Waals surface area contributed by atoms with Gasteiger partial charge in [0.15, 0.2) is 0 Å². The summed E-state index contributed by atoms with van der Waals surface area (Å²) in [5.41, 5.74) is 3.30. The lowest BCUT2D eigenvalue weighted by atomic mass is 9.92. The molecule has 6 heteroatoms. The molecule has 0 saturated carbocycles. The molecule has 2 aromatic rings. The van der Waals surface area contributed by atoms with E-state index in [-0.39, 0.29) is 22.5 Å². The summed E-state index contributed by atoms with van der Waals surface area (Å²) in [7, 11) is 0. The number of rotatable bonds is 1. The lowest BCUT2D eigenvalue weighted by Crippen LogP contribution is -2.30. The Morgan fingerprint density at radius 3 is 2.35 bits per heavy atom. The second-order valence-electron chi connectivity index (χ2n) is 5.60. The average Bonchev–Trinajstić information content (AvgIpc) is 2.42. The predicted octanol–water partition coefficient (Wildman–Crippen LogP) is 1.10. The van der Waals surface area contributed by atoms with Crippen LogP contribution in [0.25, 0.3) is 0 Å². The van der Waals surface area contributed by atoms with Gasteiger partial charge in [-0.2, -0.15) is 0 Å². The SMILES string of the molecule is Cc1ccc(C2Oc3cc(O)cc(C)c3CC2O)cc1O.O.O. The van der Waals surface area contributed by atoms with Crippen molar-refractivity contribution < 1.29 is 31.0 Å². The molecule has 1 aliphatic heterocycles. The third-order valence-corrected chi connectivity index (χ3v) is 4.00. The van der Waals surface area contributed by atoms with Gasteiger partial charge in [0.25, 0.3) is 0 Å². The molecule has 23 heavy (non-hydrogen) atoms. The number of aromatic hydroxyl groups is 2. The van der Waals surface area contributed by atoms with Crippen LogP contribution in [0, 0.1) is 13.8 Å². The molecule has 6 nitrogen and oxygen atoms in total. The van der Waals surface area contributed by atoms with E-state index < -0.39 is 12.2 Å². The quantitative estimate of drug-likeness (QED) is 0.725. The van der Waals surface area contributed by atoms with Gasteiger partial charge in [0.2, 0.25) is 0 Å². The number of phenols is 2. The fraction of sp³-hybridized carbons (Fsp3) is 0.294. The monoisotopic (exact) mass is 322 g/mol. The van der Waals surface area contributed by atoms with Crippen LogP contribution in [0.15, 0.2) is 30.3 Å². The van der Waals surface area contributed by atoms with Crippen molar-refractivity contribution in [3.05, 3.63) is 52.6 Å². The number of aryl methyl sites for hydroxylation is 2. The Bertz CT molecular complexity index is 698. The number of benzene rings is 2. The van der Waals surface area contributed by atoms with E-state index in [2.05, 4.69) is 0 Å². The van der Waals surface area contributed by atoms with Crippen LogP contribution in [0.2, 0.25) is 0 Å². The number of aliphatic hydroxyl groups excluding tert-OH is 1. The summed E-state index contributed by atoms with van der Waals surface area (Å²) >= 11 is 0. The van der Waals surface area contributed by atoms with Gasteiger partial charge in [0.1, 0.15) is 23.4 Å². The van der Waals surface area contributed by atoms with Gasteiger partial charge in [-0.05, 0) is 42.7 Å². The minimum absolute atomic E-state index is 0. The van der Waals surface area contributed by atoms with Crippen molar-refractivity contribution in [2.75, 3.05) is 0 Å². The van der Waals surface area contributed by atoms with Gasteiger partial charge in [-0.3, -0.25) is 0 Å². The smallest absolute Gasteiger partial charge is 0.150 e. The second-order valence-corrected chi connectivity index (χ2v) is 5.60. The summed E-state index contributed by atoms with van der Waals surface area (Å²) in [6.07, 6.45) is -0.783. The summed E-state index contributed by atoms with van der Waals surface area (Å²) in [5.74, 6) is 0.914. The topological polar surface area (TPSA) is 133 Å². The van der Waals surface area contributed by atoms with Crippen molar-refractivity contribution in [3.63, 3.8) is 0 Å². The van der Waals surface area contributed by atoms with Crippen molar-refractivity contribution in [2.24, 2.45) is 0 Å². The highest BCUT2D eigenvalue weighted by atomic mass is 16.5. The first-order chi connectivity index (χ1) is 9.95. The summed E-state index contributed by atoms with van der Waals surface area (Å²) in [6.45, 7) is 3.70. The van der Waals surface area contributed by atoms with Gasteiger partial charge in [-0.1, -0.05) is 12.1 Å². The van der Waals surface area contributed by atoms with Crippen LogP contribution in [-0.2, 0) is 6.42 Å². The van der Waals surface area contributed by atoms with Crippen LogP contribution in [0.3, 0.4) is 0 Å². The van der Waals surface area contributed by atoms with E-state index in [0.717, 1.165) is 22.3 Å². The van der Waals surface area contributed by atoms with Crippen LogP contribution in [0.5, 0.6) is 17.2 Å². The van der Waals surface area contributed by atoms with Crippen molar-refractivity contribution in [1.29, 1.82) is 0 Å². The number of fused-ring (bicyclic) bond motifs is 1. The minimum atomic E-state index is -0.692. The second kappa shape index (κ2) is 6.87. The maximum atomic E-state index is 10.4. The first-order valence-electron chi connectivity index (χ1n) is 6.92. The van der Waals surface area contributed by atoms with Crippen LogP contribution in [0.1, 0.15) is 28.4 Å². The molecule has 0 bridgehead atoms. The fourth-order valence-corrected chi connectivity index (χ4v) is 2.76. The van der Waals surface area contributed by atoms with Gasteiger partial charge in [0, 0.05) is 18.1 Å². The molecule has 126 valence electrons. The molecule has 3 rings (SSSR count). The first-order valence-corrected chi connectivity index (χ1v) is 6.92. The molecular formula is C17H22O6. The highest BCUT2D eigenvalue weighted by Crippen LogP contribution is 2.39. The Kier molecular flexibility index (Phi) is 5.60. The molecule has 0 amide bonds. The predicted molar refractivity (Wildman–Crippen MR) is 86.0 cm³/mol. The minimum Gasteiger partial charge on any atom is -0.508 e. The maximum Gasteiger partial charge on any atom is 0.150 e. The number of phenolic OH excluding ortho intramolecular Hbond substituents is 2. The molecule has 0 aromatic heterocycles. The van der Waals surface area contributed by atoms with Crippen molar-refractivity contribution in [1.82, 2.24) is 0 Å². The van der Waals surface area contributed by atoms with Gasteiger partial charge < -0.3 is 31.0 Å². The van der Waals surface area contributed by atoms with Crippen LogP contribution in [0.4, 0.5) is 0 Å². The van der Waals surface area contributed by atoms with E-state index in [0.29, 0.717) is 12.2 Å². The number of hydrogen-bond donors (Lipinski definition) is 3. The summed E-state index contributed by atoms with van der Waals surface area (Å²) in [6, 6.07) is 8.47. The van der Waals surface area contributed by atoms with E-state index in [1.54, 1.807) is 24.3 Å². The third kappa shape index (κ3) is 3.39. The average molecular weight is 322 g/mol. The van der Waals surface area contributed by atoms with E-state index in [1.165, 1.54) is 0 Å². The highest BCUT2D eigenvalue weighted by molar-refractivity contribution is 5.48. The Balaban J connectivity index is 0.00000132. The number of aliphatic hydroxyl groups is 1. The summed E-state index contributed by atoms with van der Waals surface area (Å²) < 4.78 is 5.87. The first kappa shape index (κ1) is 18.8. The largest absolute Gasteiger partial charge is 0.508 e. The van der Waals surface area contributed by atoms with Crippen LogP contribution in [-0.4, -0.2) is 32.4 Å². The Morgan fingerprint density at radius 1 is 1.00 bits per heavy atom. The van der Waals surface area contributed by atoms with Crippen LogP contribution < -0.4 is 4.74 Å². The maximum absolute atomic E-state index is 10.4. The fourth-order valence-electron chi connectivity index (χ4n) is 2.76. The molecule has 0 radical (unpaired) electrons. The van der Waals surface area contributed by atoms with Gasteiger partial charge >= 0.3 is 0 Å². The van der Waals surface area contributed by atoms with E-state index in [4.69, 9.17) is 4.74 Å². The molecule has 2 unspecified atom stereocenters. The Labute approximate surface area is 134 Å². The third-order valence-electron chi connectivity index (χ3n) is 4.00. The molecule has 1 aliphatic rings.